The van der Waals surface area contributed by atoms with Crippen molar-refractivity contribution in [2.24, 2.45) is 0 Å². The molecule has 0 fully saturated rings. The third kappa shape index (κ3) is 3.18. The molecule has 0 bridgehead atoms. The largest absolute Gasteiger partial charge is 0.493 e. The van der Waals surface area contributed by atoms with E-state index in [9.17, 15) is 9.59 Å². The van der Waals surface area contributed by atoms with E-state index in [-0.39, 0.29) is 11.6 Å². The van der Waals surface area contributed by atoms with Crippen molar-refractivity contribution in [3.8, 4) is 17.2 Å². The van der Waals surface area contributed by atoms with E-state index in [4.69, 9.17) is 14.2 Å². The first-order chi connectivity index (χ1) is 11.0. The molecular formula is C18H18O5. The highest BCUT2D eigenvalue weighted by Crippen LogP contribution is 2.38. The van der Waals surface area contributed by atoms with Crippen LogP contribution in [0.3, 0.4) is 0 Å². The molecule has 5 heteroatoms. The first kappa shape index (κ1) is 16.5. The van der Waals surface area contributed by atoms with Crippen molar-refractivity contribution in [2.75, 3.05) is 21.3 Å². The maximum atomic E-state index is 12.8. The van der Waals surface area contributed by atoms with Crippen molar-refractivity contribution in [3.63, 3.8) is 0 Å². The maximum absolute atomic E-state index is 12.8. The standard InChI is InChI=1S/C18H18O5/c1-11(19)13-7-5-6-8-14(13)17(20)12-9-15(21-2)18(23-4)16(10-12)22-3/h5-10H,1-4H3. The van der Waals surface area contributed by atoms with Crippen LogP contribution in [0.4, 0.5) is 0 Å². The molecule has 5 nitrogen and oxygen atoms in total. The van der Waals surface area contributed by atoms with Gasteiger partial charge in [0.1, 0.15) is 0 Å². The van der Waals surface area contributed by atoms with Gasteiger partial charge in [0.2, 0.25) is 5.75 Å². The van der Waals surface area contributed by atoms with Gasteiger partial charge in [-0.1, -0.05) is 24.3 Å². The summed E-state index contributed by atoms with van der Waals surface area (Å²) in [6, 6.07) is 9.84. The fourth-order valence-corrected chi connectivity index (χ4v) is 2.36. The highest BCUT2D eigenvalue weighted by molar-refractivity contribution is 6.15. The molecule has 0 N–H and O–H groups in total. The molecule has 0 aliphatic heterocycles. The molecule has 0 saturated carbocycles. The second kappa shape index (κ2) is 6.96. The molecular weight excluding hydrogens is 296 g/mol. The molecule has 2 aromatic rings. The Labute approximate surface area is 134 Å². The van der Waals surface area contributed by atoms with Crippen LogP contribution in [0.1, 0.15) is 33.2 Å². The predicted octanol–water partition coefficient (Wildman–Crippen LogP) is 3.15. The van der Waals surface area contributed by atoms with E-state index in [1.165, 1.54) is 28.3 Å². The average molecular weight is 314 g/mol. The van der Waals surface area contributed by atoms with Gasteiger partial charge in [0, 0.05) is 16.7 Å². The van der Waals surface area contributed by atoms with Crippen LogP contribution in [0.15, 0.2) is 36.4 Å². The number of hydrogen-bond donors (Lipinski definition) is 0. The molecule has 0 spiro atoms. The summed E-state index contributed by atoms with van der Waals surface area (Å²) in [5, 5.41) is 0. The number of Topliss-reactive ketones (excluding diaryl/α,β-unsaturated/α-hetero) is 1. The molecule has 0 aliphatic rings. The normalized spacial score (nSPS) is 10.1. The van der Waals surface area contributed by atoms with Crippen molar-refractivity contribution in [3.05, 3.63) is 53.1 Å². The van der Waals surface area contributed by atoms with E-state index in [0.29, 0.717) is 33.9 Å². The molecule has 0 unspecified atom stereocenters. The van der Waals surface area contributed by atoms with Crippen LogP contribution in [0.5, 0.6) is 17.2 Å². The van der Waals surface area contributed by atoms with Gasteiger partial charge in [-0.15, -0.1) is 0 Å². The summed E-state index contributed by atoms with van der Waals surface area (Å²) in [4.78, 5) is 24.5. The van der Waals surface area contributed by atoms with Gasteiger partial charge in [0.05, 0.1) is 21.3 Å². The zero-order valence-electron chi connectivity index (χ0n) is 13.5. The first-order valence-corrected chi connectivity index (χ1v) is 6.98. The topological polar surface area (TPSA) is 61.8 Å². The molecule has 0 atom stereocenters. The first-order valence-electron chi connectivity index (χ1n) is 6.98. The fraction of sp³-hybridized carbons (Fsp3) is 0.222. The zero-order chi connectivity index (χ0) is 17.0. The van der Waals surface area contributed by atoms with Crippen LogP contribution in [0.25, 0.3) is 0 Å². The molecule has 0 radical (unpaired) electrons. The Morgan fingerprint density at radius 1 is 0.826 bits per heavy atom. The van der Waals surface area contributed by atoms with Gasteiger partial charge in [-0.3, -0.25) is 9.59 Å². The van der Waals surface area contributed by atoms with Gasteiger partial charge in [-0.25, -0.2) is 0 Å². The molecule has 120 valence electrons. The molecule has 0 aliphatic carbocycles. The summed E-state index contributed by atoms with van der Waals surface area (Å²) in [5.74, 6) is 0.730. The van der Waals surface area contributed by atoms with Gasteiger partial charge in [0.15, 0.2) is 23.1 Å². The Balaban J connectivity index is 2.59. The summed E-state index contributed by atoms with van der Waals surface area (Å²) < 4.78 is 15.8. The van der Waals surface area contributed by atoms with Gasteiger partial charge in [-0.2, -0.15) is 0 Å². The maximum Gasteiger partial charge on any atom is 0.203 e. The van der Waals surface area contributed by atoms with E-state index in [1.54, 1.807) is 36.4 Å². The van der Waals surface area contributed by atoms with E-state index in [1.807, 2.05) is 0 Å². The predicted molar refractivity (Wildman–Crippen MR) is 86.0 cm³/mol. The monoisotopic (exact) mass is 314 g/mol. The lowest BCUT2D eigenvalue weighted by atomic mass is 9.96. The SMILES string of the molecule is COc1cc(C(=O)c2ccccc2C(C)=O)cc(OC)c1OC. The van der Waals surface area contributed by atoms with Gasteiger partial charge in [-0.05, 0) is 19.1 Å². The molecule has 23 heavy (non-hydrogen) atoms. The van der Waals surface area contributed by atoms with Crippen molar-refractivity contribution in [2.45, 2.75) is 6.92 Å². The lowest BCUT2D eigenvalue weighted by Crippen LogP contribution is -2.09. The fourth-order valence-electron chi connectivity index (χ4n) is 2.36. The number of hydrogen-bond acceptors (Lipinski definition) is 5. The summed E-state index contributed by atoms with van der Waals surface area (Å²) >= 11 is 0. The van der Waals surface area contributed by atoms with E-state index < -0.39 is 0 Å². The number of ketones is 2. The van der Waals surface area contributed by atoms with Crippen molar-refractivity contribution in [1.29, 1.82) is 0 Å². The minimum absolute atomic E-state index is 0.165. The average Bonchev–Trinajstić information content (AvgIpc) is 2.59. The van der Waals surface area contributed by atoms with Crippen LogP contribution < -0.4 is 14.2 Å². The Bertz CT molecular complexity index is 724. The number of carbonyl (C=O) groups excluding carboxylic acids is 2. The second-order valence-corrected chi connectivity index (χ2v) is 4.84. The van der Waals surface area contributed by atoms with Crippen molar-refractivity contribution < 1.29 is 23.8 Å². The smallest absolute Gasteiger partial charge is 0.203 e. The summed E-state index contributed by atoms with van der Waals surface area (Å²) in [6.45, 7) is 1.43. The van der Waals surface area contributed by atoms with Crippen LogP contribution >= 0.6 is 0 Å². The van der Waals surface area contributed by atoms with E-state index in [0.717, 1.165) is 0 Å². The van der Waals surface area contributed by atoms with Gasteiger partial charge in [0.25, 0.3) is 0 Å². The third-order valence-corrected chi connectivity index (χ3v) is 3.48. The number of benzene rings is 2. The number of methoxy groups -OCH3 is 3. The molecule has 2 rings (SSSR count). The Morgan fingerprint density at radius 3 is 1.78 bits per heavy atom. The van der Waals surface area contributed by atoms with Crippen molar-refractivity contribution in [1.82, 2.24) is 0 Å². The van der Waals surface area contributed by atoms with Crippen LogP contribution in [0, 0.1) is 0 Å². The lowest BCUT2D eigenvalue weighted by molar-refractivity contribution is 0.0990. The number of rotatable bonds is 6. The molecule has 0 aromatic heterocycles. The molecule has 2 aromatic carbocycles. The minimum Gasteiger partial charge on any atom is -0.493 e. The number of ether oxygens (including phenoxy) is 3. The Hall–Kier alpha value is -2.82. The minimum atomic E-state index is -0.282. The molecule has 0 amide bonds. The second-order valence-electron chi connectivity index (χ2n) is 4.84. The molecule has 0 saturated heterocycles. The number of carbonyl (C=O) groups is 2. The van der Waals surface area contributed by atoms with Crippen LogP contribution in [-0.4, -0.2) is 32.9 Å². The highest BCUT2D eigenvalue weighted by atomic mass is 16.5. The quantitative estimate of drug-likeness (QED) is 0.767. The zero-order valence-corrected chi connectivity index (χ0v) is 13.5. The van der Waals surface area contributed by atoms with Gasteiger partial charge >= 0.3 is 0 Å². The van der Waals surface area contributed by atoms with E-state index in [2.05, 4.69) is 0 Å². The van der Waals surface area contributed by atoms with Gasteiger partial charge < -0.3 is 14.2 Å². The summed E-state index contributed by atoms with van der Waals surface area (Å²) in [5.41, 5.74) is 1.08. The van der Waals surface area contributed by atoms with Crippen LogP contribution in [0.2, 0.25) is 0 Å². The molecule has 0 heterocycles. The van der Waals surface area contributed by atoms with E-state index >= 15 is 0 Å². The van der Waals surface area contributed by atoms with Crippen LogP contribution in [-0.2, 0) is 0 Å². The Morgan fingerprint density at radius 2 is 1.35 bits per heavy atom. The lowest BCUT2D eigenvalue weighted by Gasteiger charge is -2.14. The third-order valence-electron chi connectivity index (χ3n) is 3.48. The highest BCUT2D eigenvalue weighted by Gasteiger charge is 2.20. The van der Waals surface area contributed by atoms with Crippen molar-refractivity contribution >= 4 is 11.6 Å². The summed E-state index contributed by atoms with van der Waals surface area (Å²) in [6.07, 6.45) is 0. The Kier molecular flexibility index (Phi) is 5.01. The summed E-state index contributed by atoms with van der Waals surface area (Å²) in [7, 11) is 4.46.